The van der Waals surface area contributed by atoms with Gasteiger partial charge in [-0.25, -0.2) is 9.59 Å². The average molecular weight is 232 g/mol. The van der Waals surface area contributed by atoms with Crippen molar-refractivity contribution < 1.29 is 34.2 Å². The van der Waals surface area contributed by atoms with Crippen LogP contribution in [0.1, 0.15) is 6.42 Å². The maximum atomic E-state index is 10.7. The highest BCUT2D eigenvalue weighted by molar-refractivity contribution is 6.19. The van der Waals surface area contributed by atoms with Crippen molar-refractivity contribution in [1.82, 2.24) is 10.6 Å². The number of hydrogen-bond acceptors (Lipinski definition) is 5. The Bertz CT molecular complexity index is 338. The van der Waals surface area contributed by atoms with E-state index in [9.17, 15) is 14.4 Å². The number of carbonyl (C=O) groups is 5. The normalized spacial score (nSPS) is 17.6. The zero-order valence-corrected chi connectivity index (χ0v) is 7.80. The van der Waals surface area contributed by atoms with Crippen LogP contribution in [0.4, 0.5) is 4.79 Å². The first kappa shape index (κ1) is 13.5. The quantitative estimate of drug-likeness (QED) is 0.248. The Labute approximate surface area is 88.4 Å². The van der Waals surface area contributed by atoms with E-state index in [1.54, 1.807) is 0 Å². The smallest absolute Gasteiger partial charge is 0.368 e. The van der Waals surface area contributed by atoms with Crippen LogP contribution >= 0.6 is 0 Å². The SMILES string of the molecule is O=C(O)CC1NC(=O)NC1=O.O=CC(=O)O. The summed E-state index contributed by atoms with van der Waals surface area (Å²) in [6.45, 7) is 0. The van der Waals surface area contributed by atoms with Gasteiger partial charge in [0.1, 0.15) is 6.04 Å². The third kappa shape index (κ3) is 5.32. The second-order valence-corrected chi connectivity index (χ2v) is 2.57. The molecule has 9 nitrogen and oxygen atoms in total. The van der Waals surface area contributed by atoms with E-state index in [4.69, 9.17) is 19.8 Å². The van der Waals surface area contributed by atoms with E-state index >= 15 is 0 Å². The summed E-state index contributed by atoms with van der Waals surface area (Å²) in [6, 6.07) is -1.55. The van der Waals surface area contributed by atoms with Crippen LogP contribution in [-0.2, 0) is 19.2 Å². The molecule has 1 aliphatic rings. The van der Waals surface area contributed by atoms with Crippen LogP contribution in [-0.4, -0.2) is 46.4 Å². The van der Waals surface area contributed by atoms with Crippen LogP contribution in [0, 0.1) is 0 Å². The molecule has 16 heavy (non-hydrogen) atoms. The van der Waals surface area contributed by atoms with E-state index in [2.05, 4.69) is 5.32 Å². The molecular weight excluding hydrogens is 224 g/mol. The third-order valence-electron chi connectivity index (χ3n) is 1.34. The number of aldehydes is 1. The summed E-state index contributed by atoms with van der Waals surface area (Å²) < 4.78 is 0. The fourth-order valence-corrected chi connectivity index (χ4v) is 0.777. The predicted molar refractivity (Wildman–Crippen MR) is 46.4 cm³/mol. The summed E-state index contributed by atoms with van der Waals surface area (Å²) in [5.74, 6) is -3.13. The van der Waals surface area contributed by atoms with Gasteiger partial charge in [0, 0.05) is 0 Å². The second-order valence-electron chi connectivity index (χ2n) is 2.57. The van der Waals surface area contributed by atoms with Crippen molar-refractivity contribution in [1.29, 1.82) is 0 Å². The number of nitrogens with one attached hydrogen (secondary N) is 2. The number of urea groups is 1. The van der Waals surface area contributed by atoms with Crippen LogP contribution in [0.25, 0.3) is 0 Å². The number of amides is 3. The Morgan fingerprint density at radius 2 is 1.81 bits per heavy atom. The van der Waals surface area contributed by atoms with Crippen molar-refractivity contribution >= 4 is 30.2 Å². The summed E-state index contributed by atoms with van der Waals surface area (Å²) in [4.78, 5) is 49.1. The minimum Gasteiger partial charge on any atom is -0.481 e. The van der Waals surface area contributed by atoms with Gasteiger partial charge in [0.05, 0.1) is 6.42 Å². The predicted octanol–water partition coefficient (Wildman–Crippen LogP) is -2.06. The molecule has 0 aromatic rings. The van der Waals surface area contributed by atoms with Gasteiger partial charge in [0.25, 0.3) is 5.91 Å². The van der Waals surface area contributed by atoms with E-state index in [0.717, 1.165) is 0 Å². The minimum atomic E-state index is -1.43. The molecule has 1 aliphatic heterocycles. The van der Waals surface area contributed by atoms with Crippen molar-refractivity contribution in [2.75, 3.05) is 0 Å². The van der Waals surface area contributed by atoms with Gasteiger partial charge in [0.2, 0.25) is 6.29 Å². The first-order chi connectivity index (χ1) is 7.36. The van der Waals surface area contributed by atoms with Crippen LogP contribution in [0.2, 0.25) is 0 Å². The summed E-state index contributed by atoms with van der Waals surface area (Å²) in [5, 5.41) is 19.7. The zero-order valence-electron chi connectivity index (χ0n) is 7.80. The first-order valence-electron chi connectivity index (χ1n) is 3.88. The lowest BCUT2D eigenvalue weighted by Crippen LogP contribution is -2.31. The molecule has 1 fully saturated rings. The molecule has 0 spiro atoms. The van der Waals surface area contributed by atoms with E-state index in [-0.39, 0.29) is 12.7 Å². The van der Waals surface area contributed by atoms with E-state index in [1.165, 1.54) is 0 Å². The lowest BCUT2D eigenvalue weighted by atomic mass is 10.2. The lowest BCUT2D eigenvalue weighted by Gasteiger charge is -2.00. The summed E-state index contributed by atoms with van der Waals surface area (Å²) in [5.41, 5.74) is 0. The van der Waals surface area contributed by atoms with E-state index < -0.39 is 29.9 Å². The van der Waals surface area contributed by atoms with E-state index in [1.807, 2.05) is 5.32 Å². The summed E-state index contributed by atoms with van der Waals surface area (Å²) >= 11 is 0. The standard InChI is InChI=1S/C5H6N2O4.C2H2O3/c8-3(9)1-2-4(10)7-5(11)6-2;3-1-2(4)5/h2H,1H2,(H,8,9)(H2,6,7,10,11);1H,(H,4,5). The summed E-state index contributed by atoms with van der Waals surface area (Å²) in [7, 11) is 0. The number of rotatable bonds is 3. The van der Waals surface area contributed by atoms with Crippen LogP contribution in [0.15, 0.2) is 0 Å². The summed E-state index contributed by atoms with van der Waals surface area (Å²) in [6.07, 6.45) is -0.544. The molecular formula is C7H8N2O7. The molecule has 0 aromatic heterocycles. The molecule has 1 heterocycles. The largest absolute Gasteiger partial charge is 0.481 e. The van der Waals surface area contributed by atoms with Gasteiger partial charge in [-0.3, -0.25) is 19.7 Å². The third-order valence-corrected chi connectivity index (χ3v) is 1.34. The lowest BCUT2D eigenvalue weighted by molar-refractivity contribution is -0.143. The Morgan fingerprint density at radius 3 is 2.06 bits per heavy atom. The molecule has 0 aliphatic carbocycles. The number of imide groups is 1. The fraction of sp³-hybridized carbons (Fsp3) is 0.286. The van der Waals surface area contributed by atoms with Crippen molar-refractivity contribution in [2.24, 2.45) is 0 Å². The monoisotopic (exact) mass is 232 g/mol. The minimum absolute atomic E-state index is 0.167. The molecule has 1 saturated heterocycles. The average Bonchev–Trinajstić information content (AvgIpc) is 2.45. The number of hydrogen-bond donors (Lipinski definition) is 4. The topological polar surface area (TPSA) is 150 Å². The van der Waals surface area contributed by atoms with Gasteiger partial charge in [-0.05, 0) is 0 Å². The fourth-order valence-electron chi connectivity index (χ4n) is 0.777. The number of aliphatic carboxylic acids is 2. The Kier molecular flexibility index (Phi) is 5.18. The Balaban J connectivity index is 0.000000385. The van der Waals surface area contributed by atoms with Crippen LogP contribution in [0.5, 0.6) is 0 Å². The molecule has 1 rings (SSSR count). The molecule has 1 atom stereocenters. The van der Waals surface area contributed by atoms with Crippen molar-refractivity contribution in [3.8, 4) is 0 Å². The molecule has 4 N–H and O–H groups in total. The van der Waals surface area contributed by atoms with Gasteiger partial charge in [-0.2, -0.15) is 0 Å². The number of carboxylic acid groups (broad SMARTS) is 2. The maximum absolute atomic E-state index is 10.7. The molecule has 88 valence electrons. The molecule has 0 aromatic carbocycles. The van der Waals surface area contributed by atoms with Crippen molar-refractivity contribution in [2.45, 2.75) is 12.5 Å². The van der Waals surface area contributed by atoms with Crippen LogP contribution in [0.3, 0.4) is 0 Å². The maximum Gasteiger partial charge on any atom is 0.368 e. The Hall–Kier alpha value is -2.45. The van der Waals surface area contributed by atoms with Gasteiger partial charge in [0.15, 0.2) is 0 Å². The van der Waals surface area contributed by atoms with Gasteiger partial charge in [-0.1, -0.05) is 0 Å². The first-order valence-corrected chi connectivity index (χ1v) is 3.88. The molecule has 0 bridgehead atoms. The van der Waals surface area contributed by atoms with E-state index in [0.29, 0.717) is 0 Å². The number of carboxylic acids is 2. The molecule has 0 radical (unpaired) electrons. The van der Waals surface area contributed by atoms with Gasteiger partial charge >= 0.3 is 18.0 Å². The number of carbonyl (C=O) groups excluding carboxylic acids is 3. The second kappa shape index (κ2) is 6.11. The molecule has 1 unspecified atom stereocenters. The molecule has 9 heteroatoms. The highest BCUT2D eigenvalue weighted by Crippen LogP contribution is 1.97. The van der Waals surface area contributed by atoms with Crippen molar-refractivity contribution in [3.05, 3.63) is 0 Å². The van der Waals surface area contributed by atoms with Crippen LogP contribution < -0.4 is 10.6 Å². The highest BCUT2D eigenvalue weighted by atomic mass is 16.4. The molecule has 3 amide bonds. The Morgan fingerprint density at radius 1 is 1.31 bits per heavy atom. The zero-order chi connectivity index (χ0) is 12.7. The molecule has 0 saturated carbocycles. The van der Waals surface area contributed by atoms with Crippen molar-refractivity contribution in [3.63, 3.8) is 0 Å². The van der Waals surface area contributed by atoms with Gasteiger partial charge < -0.3 is 15.5 Å². The highest BCUT2D eigenvalue weighted by Gasteiger charge is 2.30. The van der Waals surface area contributed by atoms with Gasteiger partial charge in [-0.15, -0.1) is 0 Å².